The zero-order chi connectivity index (χ0) is 25.8. The highest BCUT2D eigenvalue weighted by Crippen LogP contribution is 2.41. The van der Waals surface area contributed by atoms with Crippen LogP contribution in [0.25, 0.3) is 0 Å². The Morgan fingerprint density at radius 2 is 1.67 bits per heavy atom. The summed E-state index contributed by atoms with van der Waals surface area (Å²) in [5.41, 5.74) is 5.83. The van der Waals surface area contributed by atoms with E-state index in [1.807, 2.05) is 74.5 Å². The summed E-state index contributed by atoms with van der Waals surface area (Å²) >= 11 is 0. The van der Waals surface area contributed by atoms with Gasteiger partial charge in [0.15, 0.2) is 11.5 Å². The highest BCUT2D eigenvalue weighted by molar-refractivity contribution is 5.97. The Kier molecular flexibility index (Phi) is 7.48. The average molecular weight is 488 g/mol. The highest BCUT2D eigenvalue weighted by Gasteiger charge is 2.34. The summed E-state index contributed by atoms with van der Waals surface area (Å²) in [5.74, 6) is 1.01. The second-order valence-corrected chi connectivity index (χ2v) is 9.14. The predicted octanol–water partition coefficient (Wildman–Crippen LogP) is 5.00. The van der Waals surface area contributed by atoms with E-state index in [9.17, 15) is 9.59 Å². The van der Waals surface area contributed by atoms with E-state index in [4.69, 9.17) is 9.47 Å². The van der Waals surface area contributed by atoms with E-state index in [-0.39, 0.29) is 18.0 Å². The van der Waals surface area contributed by atoms with E-state index in [2.05, 4.69) is 10.6 Å². The summed E-state index contributed by atoms with van der Waals surface area (Å²) in [7, 11) is 3.22. The smallest absolute Gasteiger partial charge is 0.318 e. The Morgan fingerprint density at radius 3 is 2.36 bits per heavy atom. The van der Waals surface area contributed by atoms with Crippen molar-refractivity contribution in [2.75, 3.05) is 26.1 Å². The molecule has 0 radical (unpaired) electrons. The molecule has 3 aromatic rings. The number of fused-ring (bicyclic) bond motifs is 1. The van der Waals surface area contributed by atoms with E-state index in [0.29, 0.717) is 24.5 Å². The van der Waals surface area contributed by atoms with Crippen LogP contribution in [0.1, 0.15) is 40.8 Å². The minimum Gasteiger partial charge on any atom is -0.493 e. The monoisotopic (exact) mass is 487 g/mol. The molecule has 1 unspecified atom stereocenters. The number of benzene rings is 3. The molecule has 0 aliphatic carbocycles. The lowest BCUT2D eigenvalue weighted by atomic mass is 9.88. The number of carbonyl (C=O) groups is 2. The second kappa shape index (κ2) is 10.7. The Balaban J connectivity index is 1.59. The van der Waals surface area contributed by atoms with E-state index in [0.717, 1.165) is 33.5 Å². The number of aryl methyl sites for hydroxylation is 2. The molecule has 0 aromatic heterocycles. The molecule has 2 atom stereocenters. The third kappa shape index (κ3) is 5.15. The highest BCUT2D eigenvalue weighted by atomic mass is 16.5. The molecule has 7 nitrogen and oxygen atoms in total. The van der Waals surface area contributed by atoms with Crippen molar-refractivity contribution in [3.8, 4) is 11.5 Å². The van der Waals surface area contributed by atoms with Crippen LogP contribution < -0.4 is 20.1 Å². The number of hydrogen-bond donors (Lipinski definition) is 2. The van der Waals surface area contributed by atoms with Crippen molar-refractivity contribution in [2.45, 2.75) is 39.3 Å². The van der Waals surface area contributed by atoms with Gasteiger partial charge in [-0.15, -0.1) is 0 Å². The van der Waals surface area contributed by atoms with Gasteiger partial charge >= 0.3 is 6.03 Å². The van der Waals surface area contributed by atoms with Gasteiger partial charge in [-0.25, -0.2) is 4.79 Å². The summed E-state index contributed by atoms with van der Waals surface area (Å²) in [5, 5.41) is 5.85. The molecule has 0 bridgehead atoms. The van der Waals surface area contributed by atoms with Crippen molar-refractivity contribution in [2.24, 2.45) is 0 Å². The van der Waals surface area contributed by atoms with Gasteiger partial charge in [0.1, 0.15) is 6.04 Å². The van der Waals surface area contributed by atoms with Crippen molar-refractivity contribution in [3.05, 3.63) is 88.5 Å². The maximum Gasteiger partial charge on any atom is 0.318 e. The van der Waals surface area contributed by atoms with Gasteiger partial charge in [0.05, 0.1) is 20.3 Å². The molecule has 0 saturated heterocycles. The van der Waals surface area contributed by atoms with Crippen LogP contribution in [0.2, 0.25) is 0 Å². The molecule has 1 aliphatic rings. The van der Waals surface area contributed by atoms with Crippen LogP contribution in [0, 0.1) is 13.8 Å². The lowest BCUT2D eigenvalue weighted by Crippen LogP contribution is -2.51. The molecular formula is C29H33N3O4. The van der Waals surface area contributed by atoms with Gasteiger partial charge in [0.2, 0.25) is 5.91 Å². The average Bonchev–Trinajstić information content (AvgIpc) is 2.89. The number of hydrogen-bond acceptors (Lipinski definition) is 4. The minimum absolute atomic E-state index is 0.267. The topological polar surface area (TPSA) is 79.9 Å². The summed E-state index contributed by atoms with van der Waals surface area (Å²) in [6.45, 7) is 6.11. The van der Waals surface area contributed by atoms with Crippen LogP contribution in [-0.2, 0) is 11.2 Å². The fourth-order valence-corrected chi connectivity index (χ4v) is 4.60. The van der Waals surface area contributed by atoms with E-state index in [1.165, 1.54) is 0 Å². The Hall–Kier alpha value is -4.00. The van der Waals surface area contributed by atoms with Crippen LogP contribution in [-0.4, -0.2) is 43.6 Å². The number of anilines is 1. The van der Waals surface area contributed by atoms with Gasteiger partial charge in [0.25, 0.3) is 0 Å². The molecule has 3 aromatic carbocycles. The molecule has 4 rings (SSSR count). The largest absolute Gasteiger partial charge is 0.493 e. The molecule has 1 aliphatic heterocycles. The van der Waals surface area contributed by atoms with Crippen LogP contribution in [0.15, 0.2) is 60.7 Å². The molecule has 188 valence electrons. The lowest BCUT2D eigenvalue weighted by molar-refractivity contribution is -0.117. The van der Waals surface area contributed by atoms with Crippen LogP contribution in [0.5, 0.6) is 11.5 Å². The summed E-state index contributed by atoms with van der Waals surface area (Å²) in [6, 6.07) is 18.4. The maximum absolute atomic E-state index is 13.5. The van der Waals surface area contributed by atoms with Gasteiger partial charge < -0.3 is 25.0 Å². The van der Waals surface area contributed by atoms with Crippen molar-refractivity contribution in [1.82, 2.24) is 10.2 Å². The number of urea groups is 1. The number of nitrogens with zero attached hydrogens (tertiary/aromatic N) is 1. The summed E-state index contributed by atoms with van der Waals surface area (Å²) < 4.78 is 11.1. The van der Waals surface area contributed by atoms with Gasteiger partial charge in [-0.2, -0.15) is 0 Å². The second-order valence-electron chi connectivity index (χ2n) is 9.14. The molecule has 3 amide bonds. The number of nitrogens with one attached hydrogen (secondary N) is 2. The van der Waals surface area contributed by atoms with Crippen molar-refractivity contribution in [1.29, 1.82) is 0 Å². The molecule has 2 N–H and O–H groups in total. The van der Waals surface area contributed by atoms with Crippen molar-refractivity contribution >= 4 is 17.6 Å². The van der Waals surface area contributed by atoms with Gasteiger partial charge in [-0.1, -0.05) is 42.5 Å². The lowest BCUT2D eigenvalue weighted by Gasteiger charge is -2.38. The first kappa shape index (κ1) is 25.1. The molecular weight excluding hydrogens is 454 g/mol. The third-order valence-electron chi connectivity index (χ3n) is 6.63. The molecule has 1 heterocycles. The van der Waals surface area contributed by atoms with E-state index < -0.39 is 6.04 Å². The zero-order valence-corrected chi connectivity index (χ0v) is 21.4. The van der Waals surface area contributed by atoms with E-state index >= 15 is 0 Å². The molecule has 0 fully saturated rings. The molecule has 7 heteroatoms. The quantitative estimate of drug-likeness (QED) is 0.513. The van der Waals surface area contributed by atoms with Crippen molar-refractivity contribution < 1.29 is 19.1 Å². The normalized spacial score (nSPS) is 15.5. The minimum atomic E-state index is -0.722. The maximum atomic E-state index is 13.5. The number of methoxy groups -OCH3 is 2. The van der Waals surface area contributed by atoms with Crippen LogP contribution in [0.3, 0.4) is 0 Å². The van der Waals surface area contributed by atoms with Gasteiger partial charge in [-0.3, -0.25) is 4.79 Å². The fraction of sp³-hybridized carbons (Fsp3) is 0.310. The summed E-state index contributed by atoms with van der Waals surface area (Å²) in [6.07, 6.45) is 0.662. The predicted molar refractivity (Wildman–Crippen MR) is 141 cm³/mol. The first-order chi connectivity index (χ1) is 17.3. The van der Waals surface area contributed by atoms with Gasteiger partial charge in [-0.05, 0) is 73.2 Å². The SMILES string of the molecule is COc1cc2c(cc1OC)C(c1ccccc1)N(C(=O)N[C@@H](C)C(=O)Nc1cc(C)ccc1C)CC2. The first-order valence-corrected chi connectivity index (χ1v) is 12.1. The molecule has 0 saturated carbocycles. The Labute approximate surface area is 212 Å². The van der Waals surface area contributed by atoms with Crippen molar-refractivity contribution in [3.63, 3.8) is 0 Å². The standard InChI is InChI=1S/C29H33N3O4/c1-18-11-12-19(2)24(15-18)31-28(33)20(3)30-29(34)32-14-13-22-16-25(35-4)26(36-5)17-23(22)27(32)21-9-7-6-8-10-21/h6-12,15-17,20,27H,13-14H2,1-5H3,(H,30,34)(H,31,33)/t20-,27?/m0/s1. The number of rotatable bonds is 6. The number of amides is 3. The van der Waals surface area contributed by atoms with Crippen LogP contribution >= 0.6 is 0 Å². The first-order valence-electron chi connectivity index (χ1n) is 12.1. The Bertz CT molecular complexity index is 1260. The molecule has 0 spiro atoms. The van der Waals surface area contributed by atoms with Gasteiger partial charge in [0, 0.05) is 12.2 Å². The zero-order valence-electron chi connectivity index (χ0n) is 21.4. The fourth-order valence-electron chi connectivity index (χ4n) is 4.60. The van der Waals surface area contributed by atoms with E-state index in [1.54, 1.807) is 26.0 Å². The summed E-state index contributed by atoms with van der Waals surface area (Å²) in [4.78, 5) is 28.2. The number of ether oxygens (including phenoxy) is 2. The third-order valence-corrected chi connectivity index (χ3v) is 6.63. The van der Waals surface area contributed by atoms with Crippen LogP contribution in [0.4, 0.5) is 10.5 Å². The Morgan fingerprint density at radius 1 is 0.972 bits per heavy atom. The number of carbonyl (C=O) groups excluding carboxylic acids is 2. The molecule has 36 heavy (non-hydrogen) atoms.